The highest BCUT2D eigenvalue weighted by atomic mass is 16.1. The predicted molar refractivity (Wildman–Crippen MR) is 67.6 cm³/mol. The van der Waals surface area contributed by atoms with Crippen LogP contribution in [0.3, 0.4) is 0 Å². The van der Waals surface area contributed by atoms with E-state index in [1.54, 1.807) is 0 Å². The van der Waals surface area contributed by atoms with Crippen LogP contribution in [0.4, 0.5) is 5.82 Å². The fraction of sp³-hybridized carbons (Fsp3) is 0.571. The minimum Gasteiger partial charge on any atom is -0.247 e. The summed E-state index contributed by atoms with van der Waals surface area (Å²) in [4.78, 5) is 14.9. The quantitative estimate of drug-likeness (QED) is 0.853. The lowest BCUT2D eigenvalue weighted by Crippen LogP contribution is -2.21. The lowest BCUT2D eigenvalue weighted by Gasteiger charge is -2.05. The summed E-state index contributed by atoms with van der Waals surface area (Å²) in [6.45, 7) is 1.98. The molecule has 0 spiro atoms. The Labute approximate surface area is 103 Å². The van der Waals surface area contributed by atoms with Gasteiger partial charge in [0.2, 0.25) is 0 Å². The van der Waals surface area contributed by atoms with Gasteiger partial charge in [-0.25, -0.2) is 15.1 Å². The molecule has 0 radical (unpaired) electrons. The first-order valence-corrected chi connectivity index (χ1v) is 6.53. The zero-order valence-electron chi connectivity index (χ0n) is 10.5. The number of carbonyl (C=O) groups is 1. The molecule has 3 heteroatoms. The van der Waals surface area contributed by atoms with Crippen molar-refractivity contribution in [3.8, 4) is 0 Å². The molecule has 1 aromatic rings. The van der Waals surface area contributed by atoms with Gasteiger partial charge in [0, 0.05) is 12.5 Å². The Balaban J connectivity index is 1.76. The fourth-order valence-corrected chi connectivity index (χ4v) is 2.50. The summed E-state index contributed by atoms with van der Waals surface area (Å²) in [6.07, 6.45) is 6.99. The molecule has 0 bridgehead atoms. The minimum atomic E-state index is 0.124. The second kappa shape index (κ2) is 5.80. The van der Waals surface area contributed by atoms with Crippen LogP contribution >= 0.6 is 0 Å². The molecule has 92 valence electrons. The van der Waals surface area contributed by atoms with Crippen molar-refractivity contribution in [2.24, 2.45) is 5.92 Å². The maximum absolute atomic E-state index is 11.7. The molecule has 0 unspecified atom stereocenters. The molecule has 1 saturated carbocycles. The Morgan fingerprint density at radius 2 is 2.18 bits per heavy atom. The topological polar surface area (TPSA) is 43.2 Å². The van der Waals surface area contributed by atoms with Crippen molar-refractivity contribution in [3.05, 3.63) is 23.9 Å². The third kappa shape index (κ3) is 3.84. The van der Waals surface area contributed by atoms with E-state index in [1.165, 1.54) is 25.7 Å². The largest absolute Gasteiger partial charge is 0.307 e. The molecule has 17 heavy (non-hydrogen) atoms. The van der Waals surface area contributed by atoms with E-state index >= 15 is 0 Å². The molecule has 0 aliphatic heterocycles. The average Bonchev–Trinajstić information content (AvgIpc) is 2.79. The van der Waals surface area contributed by atoms with Gasteiger partial charge in [0.15, 0.2) is 0 Å². The Morgan fingerprint density at radius 3 is 2.88 bits per heavy atom. The third-order valence-corrected chi connectivity index (χ3v) is 3.47. The number of aromatic nitrogens is 1. The molecule has 2 N–H and O–H groups in total. The van der Waals surface area contributed by atoms with E-state index in [2.05, 4.69) is 10.3 Å². The Hall–Kier alpha value is -1.38. The highest BCUT2D eigenvalue weighted by molar-refractivity contribution is 5.88. The molecule has 3 nitrogen and oxygen atoms in total. The van der Waals surface area contributed by atoms with Crippen molar-refractivity contribution in [1.29, 1.82) is 0 Å². The number of pyridine rings is 1. The summed E-state index contributed by atoms with van der Waals surface area (Å²) in [5.74, 6) is 1.70. The molecule has 1 aromatic heterocycles. The number of anilines is 1. The number of amides is 1. The van der Waals surface area contributed by atoms with E-state index in [-0.39, 0.29) is 5.91 Å². The van der Waals surface area contributed by atoms with Crippen molar-refractivity contribution in [2.45, 2.75) is 45.4 Å². The summed E-state index contributed by atoms with van der Waals surface area (Å²) >= 11 is 0. The summed E-state index contributed by atoms with van der Waals surface area (Å²) in [7, 11) is 0. The molecule has 1 aliphatic carbocycles. The van der Waals surface area contributed by atoms with Crippen molar-refractivity contribution < 1.29 is 9.78 Å². The molecular weight excluding hydrogens is 212 g/mol. The summed E-state index contributed by atoms with van der Waals surface area (Å²) in [6, 6.07) is 5.81. The van der Waals surface area contributed by atoms with Gasteiger partial charge in [-0.15, -0.1) is 0 Å². The van der Waals surface area contributed by atoms with Crippen LogP contribution in [-0.4, -0.2) is 5.91 Å². The Bertz CT molecular complexity index is 384. The van der Waals surface area contributed by atoms with Gasteiger partial charge in [0.05, 0.1) is 5.69 Å². The maximum atomic E-state index is 11.7. The zero-order valence-corrected chi connectivity index (χ0v) is 10.5. The number of aromatic amines is 1. The number of H-pyrrole nitrogens is 1. The van der Waals surface area contributed by atoms with Crippen molar-refractivity contribution in [3.63, 3.8) is 0 Å². The minimum absolute atomic E-state index is 0.124. The van der Waals surface area contributed by atoms with Crippen LogP contribution in [0.25, 0.3) is 0 Å². The van der Waals surface area contributed by atoms with Gasteiger partial charge >= 0.3 is 5.91 Å². The van der Waals surface area contributed by atoms with E-state index < -0.39 is 0 Å². The first-order valence-electron chi connectivity index (χ1n) is 6.53. The number of nitrogens with one attached hydrogen (secondary N) is 2. The standard InChI is InChI=1S/C14H20N2O/c1-11-5-4-8-13(15-11)16-14(17)10-9-12-6-2-3-7-12/h4-5,8,12H,2-3,6-7,9-10H2,1H3,(H,15,16,17)/p+1. The van der Waals surface area contributed by atoms with Crippen LogP contribution in [0.1, 0.15) is 44.2 Å². The number of hydrogen-bond donors (Lipinski definition) is 1. The molecule has 1 heterocycles. The van der Waals surface area contributed by atoms with Gasteiger partial charge in [-0.05, 0) is 25.3 Å². The molecule has 0 saturated heterocycles. The van der Waals surface area contributed by atoms with Gasteiger partial charge in [-0.2, -0.15) is 0 Å². The molecule has 1 aliphatic rings. The number of aryl methyl sites for hydroxylation is 1. The lowest BCUT2D eigenvalue weighted by atomic mass is 10.0. The van der Waals surface area contributed by atoms with Crippen molar-refractivity contribution >= 4 is 11.7 Å². The van der Waals surface area contributed by atoms with E-state index in [4.69, 9.17) is 0 Å². The van der Waals surface area contributed by atoms with Crippen LogP contribution in [0.2, 0.25) is 0 Å². The first kappa shape index (κ1) is 12.1. The lowest BCUT2D eigenvalue weighted by molar-refractivity contribution is -0.370. The monoisotopic (exact) mass is 233 g/mol. The zero-order chi connectivity index (χ0) is 12.1. The molecule has 2 rings (SSSR count). The average molecular weight is 233 g/mol. The number of rotatable bonds is 4. The first-order chi connectivity index (χ1) is 8.24. The highest BCUT2D eigenvalue weighted by Crippen LogP contribution is 2.28. The third-order valence-electron chi connectivity index (χ3n) is 3.47. The second-order valence-corrected chi connectivity index (χ2v) is 4.98. The van der Waals surface area contributed by atoms with Crippen molar-refractivity contribution in [1.82, 2.24) is 0 Å². The van der Waals surface area contributed by atoms with Gasteiger partial charge in [0.25, 0.3) is 5.82 Å². The van der Waals surface area contributed by atoms with Crippen LogP contribution < -0.4 is 10.3 Å². The second-order valence-electron chi connectivity index (χ2n) is 4.98. The van der Waals surface area contributed by atoms with Crippen LogP contribution in [0.15, 0.2) is 18.2 Å². The number of carbonyl (C=O) groups excluding carboxylic acids is 1. The van der Waals surface area contributed by atoms with Crippen LogP contribution in [-0.2, 0) is 4.79 Å². The molecule has 0 aromatic carbocycles. The van der Waals surface area contributed by atoms with Gasteiger partial charge in [-0.3, -0.25) is 0 Å². The van der Waals surface area contributed by atoms with Gasteiger partial charge in [-0.1, -0.05) is 31.7 Å². The molecule has 1 fully saturated rings. The Morgan fingerprint density at radius 1 is 1.41 bits per heavy atom. The van der Waals surface area contributed by atoms with Gasteiger partial charge in [0.1, 0.15) is 0 Å². The highest BCUT2D eigenvalue weighted by Gasteiger charge is 2.18. The maximum Gasteiger partial charge on any atom is 0.307 e. The summed E-state index contributed by atoms with van der Waals surface area (Å²) in [5, 5.41) is 2.91. The smallest absolute Gasteiger partial charge is 0.247 e. The van der Waals surface area contributed by atoms with E-state index in [0.29, 0.717) is 6.42 Å². The Kier molecular flexibility index (Phi) is 4.13. The van der Waals surface area contributed by atoms with Crippen LogP contribution in [0, 0.1) is 12.8 Å². The van der Waals surface area contributed by atoms with E-state index in [1.807, 2.05) is 25.1 Å². The summed E-state index contributed by atoms with van der Waals surface area (Å²) < 4.78 is 0. The van der Waals surface area contributed by atoms with E-state index in [0.717, 1.165) is 23.9 Å². The van der Waals surface area contributed by atoms with Gasteiger partial charge < -0.3 is 0 Å². The molecule has 0 atom stereocenters. The molecular formula is C14H21N2O+. The molecule has 1 amide bonds. The fourth-order valence-electron chi connectivity index (χ4n) is 2.50. The summed E-state index contributed by atoms with van der Waals surface area (Å²) in [5.41, 5.74) is 1.05. The normalized spacial score (nSPS) is 16.1. The van der Waals surface area contributed by atoms with Crippen LogP contribution in [0.5, 0.6) is 0 Å². The predicted octanol–water partition coefficient (Wildman–Crippen LogP) is 2.72. The SMILES string of the molecule is Cc1cccc(NC(=O)CCC2CCCC2)[nH+]1. The number of hydrogen-bond acceptors (Lipinski definition) is 1. The van der Waals surface area contributed by atoms with Crippen molar-refractivity contribution in [2.75, 3.05) is 5.32 Å². The van der Waals surface area contributed by atoms with E-state index in [9.17, 15) is 4.79 Å².